The number of rotatable bonds is 9. The summed E-state index contributed by atoms with van der Waals surface area (Å²) in [5.74, 6) is -5.59. The second kappa shape index (κ2) is 18.9. The summed E-state index contributed by atoms with van der Waals surface area (Å²) in [4.78, 5) is 42.9. The van der Waals surface area contributed by atoms with Gasteiger partial charge in [-0.1, -0.05) is 34.6 Å². The van der Waals surface area contributed by atoms with Crippen molar-refractivity contribution in [2.75, 3.05) is 21.2 Å². The normalized spacial score (nSPS) is 46.9. The molecule has 0 radical (unpaired) electrons. The Bertz CT molecular complexity index is 1290. The van der Waals surface area contributed by atoms with Crippen LogP contribution in [0.4, 0.5) is 0 Å². The third kappa shape index (κ3) is 10.6. The topological polar surface area (TPSA) is 200 Å². The lowest BCUT2D eigenvalue weighted by atomic mass is 9.74. The number of aliphatic hydroxyl groups is 4. The molecule has 3 saturated heterocycles. The molecule has 3 aliphatic rings. The van der Waals surface area contributed by atoms with Crippen LogP contribution in [0, 0.1) is 23.7 Å². The lowest BCUT2D eigenvalue weighted by molar-refractivity contribution is -0.319. The fraction of sp³-hybridized carbons (Fsp3) is 0.925. The smallest absolute Gasteiger partial charge is 0.311 e. The monoisotopic (exact) mass is 789 g/mol. The molecule has 3 fully saturated rings. The standard InChI is InChI=1S/C40H71NO14/c1-15-27-40(11,48)33(44)22(5)30(43)20(3)18-38(9,47)35(55-37-32(53-28(42)16-2)26(41(12)13)17-21(4)50-37)23(6)31(24(7)36(46)52-27)54-29-19-39(10,49-14)34(45)25(8)51-29/h20-27,29,31-35,37,44-45,47-48H,15-19H2,1-14H3/t20-,21-,22+,23+,24-,25-,26+,27-,29+,31+,32+,33-,34+,35-,37+,38-,39+,40-/m0/s1. The largest absolute Gasteiger partial charge is 0.459 e. The number of cyclic esters (lactones) is 1. The van der Waals surface area contributed by atoms with Gasteiger partial charge in [-0.3, -0.25) is 14.4 Å². The Hall–Kier alpha value is -1.79. The van der Waals surface area contributed by atoms with Crippen LogP contribution in [-0.4, -0.2) is 149 Å². The summed E-state index contributed by atoms with van der Waals surface area (Å²) in [6.45, 7) is 18.0. The highest BCUT2D eigenvalue weighted by molar-refractivity contribution is 5.83. The molecular formula is C40H71NO14. The van der Waals surface area contributed by atoms with E-state index in [1.807, 2.05) is 25.9 Å². The zero-order chi connectivity index (χ0) is 42.0. The number of methoxy groups -OCH3 is 1. The zero-order valence-corrected chi connectivity index (χ0v) is 35.5. The van der Waals surface area contributed by atoms with Crippen LogP contribution < -0.4 is 0 Å². The second-order valence-electron chi connectivity index (χ2n) is 17.3. The molecule has 0 bridgehead atoms. The van der Waals surface area contributed by atoms with E-state index in [1.54, 1.807) is 48.5 Å². The first-order chi connectivity index (χ1) is 25.4. The van der Waals surface area contributed by atoms with Crippen molar-refractivity contribution < 1.29 is 68.0 Å². The number of likely N-dealkylation sites (N-methyl/N-ethyl adjacent to an activating group) is 1. The number of hydrogen-bond acceptors (Lipinski definition) is 15. The first-order valence-corrected chi connectivity index (χ1v) is 19.9. The van der Waals surface area contributed by atoms with Gasteiger partial charge in [-0.15, -0.1) is 0 Å². The maximum absolute atomic E-state index is 14.2. The second-order valence-corrected chi connectivity index (χ2v) is 17.3. The first-order valence-electron chi connectivity index (χ1n) is 19.9. The summed E-state index contributed by atoms with van der Waals surface area (Å²) < 4.78 is 43.6. The molecule has 0 aromatic rings. The minimum Gasteiger partial charge on any atom is -0.459 e. The van der Waals surface area contributed by atoms with Gasteiger partial charge >= 0.3 is 11.9 Å². The number of ketones is 1. The van der Waals surface area contributed by atoms with Gasteiger partial charge in [-0.25, -0.2) is 0 Å². The van der Waals surface area contributed by atoms with Gasteiger partial charge in [-0.05, 0) is 74.9 Å². The van der Waals surface area contributed by atoms with Crippen molar-refractivity contribution in [1.82, 2.24) is 4.90 Å². The summed E-state index contributed by atoms with van der Waals surface area (Å²) >= 11 is 0. The number of carbonyl (C=O) groups excluding carboxylic acids is 3. The lowest BCUT2D eigenvalue weighted by Gasteiger charge is -2.49. The van der Waals surface area contributed by atoms with Gasteiger partial charge in [0.05, 0.1) is 53.7 Å². The van der Waals surface area contributed by atoms with E-state index in [1.165, 1.54) is 27.9 Å². The number of nitrogens with zero attached hydrogens (tertiary/aromatic N) is 1. The van der Waals surface area contributed by atoms with Crippen molar-refractivity contribution in [2.45, 2.75) is 193 Å². The molecular weight excluding hydrogens is 718 g/mol. The Morgan fingerprint density at radius 1 is 0.891 bits per heavy atom. The number of esters is 2. The van der Waals surface area contributed by atoms with Crippen LogP contribution in [0.15, 0.2) is 0 Å². The lowest BCUT2D eigenvalue weighted by Crippen LogP contribution is -2.61. The highest BCUT2D eigenvalue weighted by atomic mass is 16.7. The summed E-state index contributed by atoms with van der Waals surface area (Å²) in [7, 11) is 5.21. The molecule has 0 saturated carbocycles. The van der Waals surface area contributed by atoms with Crippen molar-refractivity contribution in [1.29, 1.82) is 0 Å². The summed E-state index contributed by atoms with van der Waals surface area (Å²) in [5.41, 5.74) is -4.92. The Morgan fingerprint density at radius 3 is 2.05 bits per heavy atom. The molecule has 0 amide bonds. The molecule has 0 unspecified atom stereocenters. The molecule has 55 heavy (non-hydrogen) atoms. The molecule has 3 aliphatic heterocycles. The van der Waals surface area contributed by atoms with E-state index >= 15 is 0 Å². The minimum absolute atomic E-state index is 0.0760. The van der Waals surface area contributed by atoms with Crippen molar-refractivity contribution in [3.05, 3.63) is 0 Å². The Labute approximate surface area is 327 Å². The molecule has 320 valence electrons. The molecule has 0 aliphatic carbocycles. The zero-order valence-electron chi connectivity index (χ0n) is 35.5. The van der Waals surface area contributed by atoms with Gasteiger partial charge in [-0.2, -0.15) is 0 Å². The highest BCUT2D eigenvalue weighted by Gasteiger charge is 2.54. The van der Waals surface area contributed by atoms with Crippen molar-refractivity contribution in [3.63, 3.8) is 0 Å². The Balaban J connectivity index is 2.24. The number of aliphatic hydroxyl groups excluding tert-OH is 2. The minimum atomic E-state index is -2.01. The van der Waals surface area contributed by atoms with Crippen LogP contribution in [0.3, 0.4) is 0 Å². The van der Waals surface area contributed by atoms with E-state index in [-0.39, 0.29) is 37.8 Å². The third-order valence-electron chi connectivity index (χ3n) is 12.4. The predicted molar refractivity (Wildman–Crippen MR) is 200 cm³/mol. The predicted octanol–water partition coefficient (Wildman–Crippen LogP) is 2.75. The molecule has 0 spiro atoms. The molecule has 4 N–H and O–H groups in total. The molecule has 18 atom stereocenters. The average Bonchev–Trinajstić information content (AvgIpc) is 3.11. The van der Waals surface area contributed by atoms with Crippen molar-refractivity contribution in [3.8, 4) is 0 Å². The SMILES string of the molecule is CCC(=O)O[C@H]1[C@@H](O[C@H]2[C@H](C)[C@@H](O[C@@H]3C[C@@](C)(OC)[C@H](O)[C@H](C)O3)[C@H](C)C(=O)O[C@@H](CC)[C@](C)(O)[C@@H](O)[C@H](C)C(=O)[C@@H](C)C[C@]2(C)O)O[C@@H](C)C[C@H]1N(C)C. The molecule has 15 nitrogen and oxygen atoms in total. The van der Waals surface area contributed by atoms with Crippen LogP contribution in [0.2, 0.25) is 0 Å². The van der Waals surface area contributed by atoms with E-state index in [9.17, 15) is 34.8 Å². The number of ether oxygens (including phenoxy) is 7. The highest BCUT2D eigenvalue weighted by Crippen LogP contribution is 2.41. The van der Waals surface area contributed by atoms with E-state index in [2.05, 4.69) is 0 Å². The maximum Gasteiger partial charge on any atom is 0.311 e. The number of Topliss-reactive ketones (excluding diaryl/α,β-unsaturated/α-hetero) is 1. The van der Waals surface area contributed by atoms with Crippen molar-refractivity contribution in [2.24, 2.45) is 23.7 Å². The number of carbonyl (C=O) groups is 3. The molecule has 0 aromatic heterocycles. The quantitative estimate of drug-likeness (QED) is 0.249. The van der Waals surface area contributed by atoms with E-state index in [0.29, 0.717) is 6.42 Å². The van der Waals surface area contributed by atoms with Gasteiger partial charge < -0.3 is 58.5 Å². The Kier molecular flexibility index (Phi) is 16.3. The summed E-state index contributed by atoms with van der Waals surface area (Å²) in [6, 6.07) is -0.319. The molecule has 15 heteroatoms. The first kappa shape index (κ1) is 47.6. The van der Waals surface area contributed by atoms with E-state index < -0.39 is 114 Å². The fourth-order valence-corrected chi connectivity index (χ4v) is 8.76. The summed E-state index contributed by atoms with van der Waals surface area (Å²) in [6.07, 6.45) is -9.68. The average molecular weight is 790 g/mol. The van der Waals surface area contributed by atoms with Gasteiger partial charge in [0.15, 0.2) is 18.7 Å². The van der Waals surface area contributed by atoms with Crippen LogP contribution in [-0.2, 0) is 47.5 Å². The molecule has 3 heterocycles. The fourth-order valence-electron chi connectivity index (χ4n) is 8.76. The Morgan fingerprint density at radius 2 is 1.51 bits per heavy atom. The van der Waals surface area contributed by atoms with Crippen LogP contribution in [0.5, 0.6) is 0 Å². The van der Waals surface area contributed by atoms with E-state index in [4.69, 9.17) is 33.2 Å². The van der Waals surface area contributed by atoms with E-state index in [0.717, 1.165) is 0 Å². The molecule has 0 aromatic carbocycles. The number of hydrogen-bond donors (Lipinski definition) is 4. The molecule has 3 rings (SSSR count). The van der Waals surface area contributed by atoms with Gasteiger partial charge in [0.2, 0.25) is 0 Å². The van der Waals surface area contributed by atoms with Gasteiger partial charge in [0.1, 0.15) is 23.6 Å². The van der Waals surface area contributed by atoms with Crippen LogP contribution >= 0.6 is 0 Å². The van der Waals surface area contributed by atoms with Gasteiger partial charge in [0.25, 0.3) is 0 Å². The maximum atomic E-state index is 14.2. The summed E-state index contributed by atoms with van der Waals surface area (Å²) in [5, 5.41) is 46.6. The van der Waals surface area contributed by atoms with Crippen LogP contribution in [0.1, 0.15) is 108 Å². The third-order valence-corrected chi connectivity index (χ3v) is 12.4. The van der Waals surface area contributed by atoms with Crippen LogP contribution in [0.25, 0.3) is 0 Å². The van der Waals surface area contributed by atoms with Gasteiger partial charge in [0, 0.05) is 37.7 Å². The van der Waals surface area contributed by atoms with Crippen molar-refractivity contribution >= 4 is 17.7 Å².